The van der Waals surface area contributed by atoms with Crippen LogP contribution in [0.3, 0.4) is 0 Å². The molecule has 0 bridgehead atoms. The number of nitrogens with zero attached hydrogens (tertiary/aromatic N) is 1. The van der Waals surface area contributed by atoms with Crippen LogP contribution in [0.2, 0.25) is 0 Å². The average molecular weight is 465 g/mol. The Balaban J connectivity index is 1.93. The SMILES string of the molecule is O=C(O)C1CCCN(C(c2ccc(Br)s2)c2ccc(Br)s2)C1. The van der Waals surface area contributed by atoms with Crippen LogP contribution in [0.25, 0.3) is 0 Å². The van der Waals surface area contributed by atoms with Gasteiger partial charge in [-0.1, -0.05) is 0 Å². The summed E-state index contributed by atoms with van der Waals surface area (Å²) in [4.78, 5) is 16.2. The molecule has 3 rings (SSSR count). The van der Waals surface area contributed by atoms with E-state index in [4.69, 9.17) is 0 Å². The second kappa shape index (κ2) is 7.13. The smallest absolute Gasteiger partial charge is 0.307 e. The van der Waals surface area contributed by atoms with Crippen molar-refractivity contribution in [3.05, 3.63) is 41.6 Å². The van der Waals surface area contributed by atoms with Gasteiger partial charge in [-0.05, 0) is 75.5 Å². The molecule has 1 aliphatic rings. The highest BCUT2D eigenvalue weighted by molar-refractivity contribution is 9.11. The van der Waals surface area contributed by atoms with Crippen molar-refractivity contribution in [3.63, 3.8) is 0 Å². The molecule has 0 amide bonds. The van der Waals surface area contributed by atoms with Gasteiger partial charge in [0.15, 0.2) is 0 Å². The zero-order chi connectivity index (χ0) is 15.7. The van der Waals surface area contributed by atoms with Gasteiger partial charge in [0, 0.05) is 16.3 Å². The average Bonchev–Trinajstić information content (AvgIpc) is 3.09. The minimum atomic E-state index is -0.678. The number of carboxylic acids is 1. The summed E-state index contributed by atoms with van der Waals surface area (Å²) in [5, 5.41) is 9.35. The first-order chi connectivity index (χ1) is 10.5. The van der Waals surface area contributed by atoms with Crippen molar-refractivity contribution in [2.24, 2.45) is 5.92 Å². The normalized spacial score (nSPS) is 19.7. The number of halogens is 2. The second-order valence-corrected chi connectivity index (χ2v) is 10.3. The third kappa shape index (κ3) is 3.64. The first kappa shape index (κ1) is 16.6. The van der Waals surface area contributed by atoms with Crippen molar-refractivity contribution in [2.75, 3.05) is 13.1 Å². The van der Waals surface area contributed by atoms with Crippen molar-refractivity contribution in [1.82, 2.24) is 4.90 Å². The molecule has 0 spiro atoms. The topological polar surface area (TPSA) is 40.5 Å². The minimum Gasteiger partial charge on any atom is -0.481 e. The summed E-state index contributed by atoms with van der Waals surface area (Å²) in [5.74, 6) is -0.939. The van der Waals surface area contributed by atoms with Gasteiger partial charge in [0.25, 0.3) is 0 Å². The Morgan fingerprint density at radius 2 is 1.77 bits per heavy atom. The molecule has 22 heavy (non-hydrogen) atoms. The predicted octanol–water partition coefficient (Wildman–Crippen LogP) is 5.22. The van der Waals surface area contributed by atoms with Crippen LogP contribution in [0.1, 0.15) is 28.6 Å². The Labute approximate surface area is 154 Å². The van der Waals surface area contributed by atoms with Crippen LogP contribution in [0, 0.1) is 5.92 Å². The summed E-state index contributed by atoms with van der Waals surface area (Å²) in [6, 6.07) is 8.55. The van der Waals surface area contributed by atoms with E-state index >= 15 is 0 Å². The summed E-state index contributed by atoms with van der Waals surface area (Å²) >= 11 is 10.5. The van der Waals surface area contributed by atoms with Gasteiger partial charge >= 0.3 is 5.97 Å². The van der Waals surface area contributed by atoms with Gasteiger partial charge in [-0.2, -0.15) is 0 Å². The fourth-order valence-electron chi connectivity index (χ4n) is 2.89. The number of carboxylic acid groups (broad SMARTS) is 1. The molecule has 0 aliphatic carbocycles. The van der Waals surface area contributed by atoms with Crippen molar-refractivity contribution in [1.29, 1.82) is 0 Å². The van der Waals surface area contributed by atoms with Crippen LogP contribution >= 0.6 is 54.5 Å². The molecule has 3 heterocycles. The lowest BCUT2D eigenvalue weighted by atomic mass is 9.96. The number of hydrogen-bond donors (Lipinski definition) is 1. The standard InChI is InChI=1S/C15H15Br2NO2S2/c16-12-5-3-10(21-12)14(11-4-6-13(17)22-11)18-7-1-2-9(8-18)15(19)20/h3-6,9,14H,1-2,7-8H2,(H,19,20). The molecule has 7 heteroatoms. The van der Waals surface area contributed by atoms with Crippen molar-refractivity contribution in [3.8, 4) is 0 Å². The van der Waals surface area contributed by atoms with Gasteiger partial charge in [0.05, 0.1) is 19.5 Å². The van der Waals surface area contributed by atoms with Crippen molar-refractivity contribution >= 4 is 60.5 Å². The Kier molecular flexibility index (Phi) is 5.39. The molecule has 0 radical (unpaired) electrons. The lowest BCUT2D eigenvalue weighted by Gasteiger charge is -2.36. The van der Waals surface area contributed by atoms with E-state index < -0.39 is 5.97 Å². The number of thiophene rings is 2. The van der Waals surface area contributed by atoms with Gasteiger partial charge < -0.3 is 5.11 Å². The van der Waals surface area contributed by atoms with Crippen LogP contribution in [-0.2, 0) is 4.79 Å². The quantitative estimate of drug-likeness (QED) is 0.674. The maximum absolute atomic E-state index is 11.4. The van der Waals surface area contributed by atoms with E-state index in [0.29, 0.717) is 6.54 Å². The van der Waals surface area contributed by atoms with Crippen LogP contribution in [-0.4, -0.2) is 29.1 Å². The second-order valence-electron chi connectivity index (χ2n) is 5.36. The van der Waals surface area contributed by atoms with E-state index in [9.17, 15) is 9.90 Å². The van der Waals surface area contributed by atoms with Crippen LogP contribution < -0.4 is 0 Å². The van der Waals surface area contributed by atoms with Crippen LogP contribution in [0.4, 0.5) is 0 Å². The number of rotatable bonds is 4. The zero-order valence-electron chi connectivity index (χ0n) is 11.7. The number of likely N-dealkylation sites (tertiary alicyclic amines) is 1. The molecule has 1 fully saturated rings. The molecule has 118 valence electrons. The highest BCUT2D eigenvalue weighted by Gasteiger charge is 2.32. The van der Waals surface area contributed by atoms with Crippen molar-refractivity contribution < 1.29 is 9.90 Å². The minimum absolute atomic E-state index is 0.148. The van der Waals surface area contributed by atoms with Crippen molar-refractivity contribution in [2.45, 2.75) is 18.9 Å². The van der Waals surface area contributed by atoms with E-state index in [1.54, 1.807) is 22.7 Å². The molecule has 2 aromatic heterocycles. The molecule has 1 N–H and O–H groups in total. The van der Waals surface area contributed by atoms with E-state index in [2.05, 4.69) is 61.0 Å². The van der Waals surface area contributed by atoms with Crippen LogP contribution in [0.15, 0.2) is 31.8 Å². The Bertz CT molecular complexity index is 630. The fourth-order valence-corrected chi connectivity index (χ4v) is 6.12. The van der Waals surface area contributed by atoms with Gasteiger partial charge in [-0.25, -0.2) is 0 Å². The van der Waals surface area contributed by atoms with E-state index in [-0.39, 0.29) is 12.0 Å². The molecule has 0 aromatic carbocycles. The summed E-state index contributed by atoms with van der Waals surface area (Å²) in [5.41, 5.74) is 0. The van der Waals surface area contributed by atoms with Gasteiger partial charge in [-0.15, -0.1) is 22.7 Å². The molecule has 1 aliphatic heterocycles. The first-order valence-electron chi connectivity index (χ1n) is 7.02. The molecular formula is C15H15Br2NO2S2. The number of hydrogen-bond acceptors (Lipinski definition) is 4. The predicted molar refractivity (Wildman–Crippen MR) is 97.8 cm³/mol. The molecular weight excluding hydrogens is 450 g/mol. The lowest BCUT2D eigenvalue weighted by molar-refractivity contribution is -0.143. The summed E-state index contributed by atoms with van der Waals surface area (Å²) < 4.78 is 2.21. The third-order valence-electron chi connectivity index (χ3n) is 3.89. The lowest BCUT2D eigenvalue weighted by Crippen LogP contribution is -2.40. The Hall–Kier alpha value is -0.210. The Morgan fingerprint density at radius 1 is 1.18 bits per heavy atom. The monoisotopic (exact) mass is 463 g/mol. The molecule has 3 nitrogen and oxygen atoms in total. The molecule has 0 saturated carbocycles. The van der Waals surface area contributed by atoms with Crippen LogP contribution in [0.5, 0.6) is 0 Å². The van der Waals surface area contributed by atoms with Gasteiger partial charge in [0.2, 0.25) is 0 Å². The number of carbonyl (C=O) groups is 1. The van der Waals surface area contributed by atoms with E-state index in [1.807, 2.05) is 0 Å². The largest absolute Gasteiger partial charge is 0.481 e. The summed E-state index contributed by atoms with van der Waals surface area (Å²) in [6.45, 7) is 1.56. The molecule has 1 atom stereocenters. The third-order valence-corrected chi connectivity index (χ3v) is 7.25. The number of aliphatic carboxylic acids is 1. The van der Waals surface area contributed by atoms with E-state index in [0.717, 1.165) is 27.0 Å². The van der Waals surface area contributed by atoms with Gasteiger partial charge in [0.1, 0.15) is 0 Å². The number of piperidine rings is 1. The summed E-state index contributed by atoms with van der Waals surface area (Å²) in [6.07, 6.45) is 1.72. The maximum Gasteiger partial charge on any atom is 0.307 e. The molecule has 1 saturated heterocycles. The fraction of sp³-hybridized carbons (Fsp3) is 0.400. The molecule has 1 unspecified atom stereocenters. The zero-order valence-corrected chi connectivity index (χ0v) is 16.5. The summed E-state index contributed by atoms with van der Waals surface area (Å²) in [7, 11) is 0. The highest BCUT2D eigenvalue weighted by atomic mass is 79.9. The van der Waals surface area contributed by atoms with Gasteiger partial charge in [-0.3, -0.25) is 9.69 Å². The Morgan fingerprint density at radius 3 is 2.23 bits per heavy atom. The highest BCUT2D eigenvalue weighted by Crippen LogP contribution is 2.40. The van der Waals surface area contributed by atoms with E-state index in [1.165, 1.54) is 9.75 Å². The maximum atomic E-state index is 11.4. The first-order valence-corrected chi connectivity index (χ1v) is 10.2. The molecule has 2 aromatic rings.